The molecule has 1 rings (SSSR count). The van der Waals surface area contributed by atoms with E-state index in [1.54, 1.807) is 19.2 Å². The molecule has 1 N–H and O–H groups in total. The van der Waals surface area contributed by atoms with Gasteiger partial charge in [-0.25, -0.2) is 4.98 Å². The Morgan fingerprint density at radius 1 is 1.42 bits per heavy atom. The van der Waals surface area contributed by atoms with E-state index in [1.165, 1.54) is 16.2 Å². The first-order valence-corrected chi connectivity index (χ1v) is 6.99. The number of thiazole rings is 1. The summed E-state index contributed by atoms with van der Waals surface area (Å²) in [5, 5.41) is 11.4. The molecule has 0 atom stereocenters. The van der Waals surface area contributed by atoms with Crippen molar-refractivity contribution in [2.24, 2.45) is 0 Å². The molecular formula is C13H20N2O3S. The maximum Gasteiger partial charge on any atom is 0.323 e. The van der Waals surface area contributed by atoms with Crippen LogP contribution in [0.1, 0.15) is 50.1 Å². The molecule has 0 bridgehead atoms. The van der Waals surface area contributed by atoms with E-state index >= 15 is 0 Å². The molecular weight excluding hydrogens is 264 g/mol. The van der Waals surface area contributed by atoms with Crippen LogP contribution in [0.4, 0.5) is 0 Å². The first-order valence-electron chi connectivity index (χ1n) is 6.11. The number of rotatable bonds is 4. The lowest BCUT2D eigenvalue weighted by molar-refractivity contribution is -0.138. The summed E-state index contributed by atoms with van der Waals surface area (Å²) in [5.41, 5.74) is 0.212. The third-order valence-corrected chi connectivity index (χ3v) is 3.82. The molecule has 1 amide bonds. The SMILES string of the molecule is CC(C)N(CC(=O)O)C(=O)c1csc(C(C)(C)C)n1. The van der Waals surface area contributed by atoms with Gasteiger partial charge in [-0.3, -0.25) is 9.59 Å². The van der Waals surface area contributed by atoms with Gasteiger partial charge in [-0.1, -0.05) is 20.8 Å². The van der Waals surface area contributed by atoms with Crippen LogP contribution in [0.3, 0.4) is 0 Å². The average molecular weight is 284 g/mol. The smallest absolute Gasteiger partial charge is 0.323 e. The minimum absolute atomic E-state index is 0.112. The Hall–Kier alpha value is -1.43. The molecule has 19 heavy (non-hydrogen) atoms. The fourth-order valence-electron chi connectivity index (χ4n) is 1.50. The van der Waals surface area contributed by atoms with Gasteiger partial charge in [0.2, 0.25) is 0 Å². The Morgan fingerprint density at radius 3 is 2.37 bits per heavy atom. The lowest BCUT2D eigenvalue weighted by atomic mass is 9.98. The van der Waals surface area contributed by atoms with E-state index < -0.39 is 5.97 Å². The Balaban J connectivity index is 2.97. The van der Waals surface area contributed by atoms with E-state index in [4.69, 9.17) is 5.11 Å². The number of carbonyl (C=O) groups excluding carboxylic acids is 1. The number of nitrogens with zero attached hydrogens (tertiary/aromatic N) is 2. The molecule has 0 saturated heterocycles. The highest BCUT2D eigenvalue weighted by Crippen LogP contribution is 2.26. The second-order valence-corrected chi connectivity index (χ2v) is 6.57. The Kier molecular flexibility index (Phi) is 4.68. The molecule has 106 valence electrons. The molecule has 6 heteroatoms. The monoisotopic (exact) mass is 284 g/mol. The third kappa shape index (κ3) is 4.02. The predicted molar refractivity (Wildman–Crippen MR) is 74.6 cm³/mol. The van der Waals surface area contributed by atoms with E-state index in [1.807, 2.05) is 20.8 Å². The average Bonchev–Trinajstić information content (AvgIpc) is 2.72. The summed E-state index contributed by atoms with van der Waals surface area (Å²) in [4.78, 5) is 28.7. The first kappa shape index (κ1) is 15.6. The maximum absolute atomic E-state index is 12.3. The number of hydrogen-bond acceptors (Lipinski definition) is 4. The Morgan fingerprint density at radius 2 is 2.00 bits per heavy atom. The second-order valence-electron chi connectivity index (χ2n) is 5.71. The van der Waals surface area contributed by atoms with E-state index in [-0.39, 0.29) is 23.9 Å². The van der Waals surface area contributed by atoms with Crippen LogP contribution in [0.2, 0.25) is 0 Å². The zero-order chi connectivity index (χ0) is 14.8. The lowest BCUT2D eigenvalue weighted by Gasteiger charge is -2.24. The van der Waals surface area contributed by atoms with Crippen LogP contribution in [0, 0.1) is 0 Å². The van der Waals surface area contributed by atoms with Crippen LogP contribution < -0.4 is 0 Å². The van der Waals surface area contributed by atoms with Gasteiger partial charge in [0.05, 0.1) is 5.01 Å². The summed E-state index contributed by atoms with van der Waals surface area (Å²) in [6, 6.07) is -0.177. The highest BCUT2D eigenvalue weighted by atomic mass is 32.1. The predicted octanol–water partition coefficient (Wildman–Crippen LogP) is 2.38. The van der Waals surface area contributed by atoms with Gasteiger partial charge in [-0.15, -0.1) is 11.3 Å². The molecule has 1 aromatic heterocycles. The van der Waals surface area contributed by atoms with Crippen molar-refractivity contribution >= 4 is 23.2 Å². The van der Waals surface area contributed by atoms with E-state index in [2.05, 4.69) is 4.98 Å². The third-order valence-electron chi connectivity index (χ3n) is 2.55. The summed E-state index contributed by atoms with van der Waals surface area (Å²) in [5.74, 6) is -1.35. The lowest BCUT2D eigenvalue weighted by Crippen LogP contribution is -2.40. The molecule has 1 heterocycles. The Bertz CT molecular complexity index is 474. The number of aromatic nitrogens is 1. The van der Waals surface area contributed by atoms with Crippen molar-refractivity contribution in [1.29, 1.82) is 0 Å². The van der Waals surface area contributed by atoms with Gasteiger partial charge in [0, 0.05) is 16.8 Å². The molecule has 0 aliphatic carbocycles. The van der Waals surface area contributed by atoms with Crippen LogP contribution >= 0.6 is 11.3 Å². The van der Waals surface area contributed by atoms with Crippen molar-refractivity contribution in [1.82, 2.24) is 9.88 Å². The zero-order valence-corrected chi connectivity index (χ0v) is 12.7. The van der Waals surface area contributed by atoms with Gasteiger partial charge in [0.1, 0.15) is 12.2 Å². The molecule has 0 aromatic carbocycles. The van der Waals surface area contributed by atoms with Crippen LogP contribution in [-0.2, 0) is 10.2 Å². The van der Waals surface area contributed by atoms with E-state index in [9.17, 15) is 9.59 Å². The Labute approximate surface area is 117 Å². The van der Waals surface area contributed by atoms with Crippen LogP contribution in [0.15, 0.2) is 5.38 Å². The molecule has 0 fully saturated rings. The van der Waals surface area contributed by atoms with E-state index in [0.29, 0.717) is 5.69 Å². The normalized spacial score (nSPS) is 11.7. The quantitative estimate of drug-likeness (QED) is 0.921. The molecule has 0 spiro atoms. The number of aliphatic carboxylic acids is 1. The highest BCUT2D eigenvalue weighted by Gasteiger charge is 2.25. The van der Waals surface area contributed by atoms with Crippen molar-refractivity contribution in [2.75, 3.05) is 6.54 Å². The summed E-state index contributed by atoms with van der Waals surface area (Å²) in [6.07, 6.45) is 0. The van der Waals surface area contributed by atoms with Crippen molar-refractivity contribution in [2.45, 2.75) is 46.1 Å². The maximum atomic E-state index is 12.3. The minimum Gasteiger partial charge on any atom is -0.480 e. The van der Waals surface area contributed by atoms with Crippen molar-refractivity contribution < 1.29 is 14.7 Å². The summed E-state index contributed by atoms with van der Waals surface area (Å²) >= 11 is 1.43. The molecule has 0 saturated carbocycles. The first-order chi connectivity index (χ1) is 8.62. The second kappa shape index (κ2) is 5.69. The topological polar surface area (TPSA) is 70.5 Å². The molecule has 1 aromatic rings. The fourth-order valence-corrected chi connectivity index (χ4v) is 2.38. The van der Waals surface area contributed by atoms with Gasteiger partial charge in [-0.05, 0) is 13.8 Å². The standard InChI is InChI=1S/C13H20N2O3S/c1-8(2)15(6-10(16)17)11(18)9-7-19-12(14-9)13(3,4)5/h7-8H,6H2,1-5H3,(H,16,17). The van der Waals surface area contributed by atoms with Gasteiger partial charge in [-0.2, -0.15) is 0 Å². The molecule has 0 aliphatic rings. The molecule has 0 aliphatic heterocycles. The van der Waals surface area contributed by atoms with Crippen molar-refractivity contribution in [3.8, 4) is 0 Å². The summed E-state index contributed by atoms with van der Waals surface area (Å²) < 4.78 is 0. The minimum atomic E-state index is -1.02. The number of carboxylic acid groups (broad SMARTS) is 1. The molecule has 0 radical (unpaired) electrons. The zero-order valence-electron chi connectivity index (χ0n) is 11.9. The highest BCUT2D eigenvalue weighted by molar-refractivity contribution is 7.10. The van der Waals surface area contributed by atoms with Gasteiger partial charge < -0.3 is 10.0 Å². The van der Waals surface area contributed by atoms with Gasteiger partial charge in [0.25, 0.3) is 5.91 Å². The largest absolute Gasteiger partial charge is 0.480 e. The summed E-state index contributed by atoms with van der Waals surface area (Å²) in [6.45, 7) is 9.35. The summed E-state index contributed by atoms with van der Waals surface area (Å²) in [7, 11) is 0. The number of amides is 1. The van der Waals surface area contributed by atoms with Crippen LogP contribution in [-0.4, -0.2) is 39.5 Å². The molecule has 0 unspecified atom stereocenters. The van der Waals surface area contributed by atoms with Crippen molar-refractivity contribution in [3.63, 3.8) is 0 Å². The number of hydrogen-bond donors (Lipinski definition) is 1. The van der Waals surface area contributed by atoms with Crippen molar-refractivity contribution in [3.05, 3.63) is 16.1 Å². The van der Waals surface area contributed by atoms with Gasteiger partial charge >= 0.3 is 5.97 Å². The molecule has 5 nitrogen and oxygen atoms in total. The van der Waals surface area contributed by atoms with Crippen LogP contribution in [0.25, 0.3) is 0 Å². The number of carbonyl (C=O) groups is 2. The number of carboxylic acids is 1. The van der Waals surface area contributed by atoms with Gasteiger partial charge in [0.15, 0.2) is 0 Å². The van der Waals surface area contributed by atoms with E-state index in [0.717, 1.165) is 5.01 Å². The fraction of sp³-hybridized carbons (Fsp3) is 0.615. The van der Waals surface area contributed by atoms with Crippen LogP contribution in [0.5, 0.6) is 0 Å².